The third-order valence-electron chi connectivity index (χ3n) is 7.50. The molecule has 0 unspecified atom stereocenters. The quantitative estimate of drug-likeness (QED) is 0.451. The first kappa shape index (κ1) is 20.7. The van der Waals surface area contributed by atoms with Gasteiger partial charge >= 0.3 is 0 Å². The number of carbonyl (C=O) groups excluding carboxylic acids is 2. The molecule has 4 aromatic carbocycles. The lowest BCUT2D eigenvalue weighted by molar-refractivity contribution is -0.0205. The highest BCUT2D eigenvalue weighted by molar-refractivity contribution is 6.15. The number of Topliss-reactive ketones (excluding diaryl/α,β-unsaturated/α-hetero) is 2. The van der Waals surface area contributed by atoms with Crippen molar-refractivity contribution >= 4 is 11.6 Å². The van der Waals surface area contributed by atoms with Gasteiger partial charge in [0.25, 0.3) is 0 Å². The Balaban J connectivity index is 1.72. The van der Waals surface area contributed by atoms with Crippen LogP contribution in [0.1, 0.15) is 49.1 Å². The Labute approximate surface area is 197 Å². The summed E-state index contributed by atoms with van der Waals surface area (Å²) >= 11 is 0. The lowest BCUT2D eigenvalue weighted by Gasteiger charge is -2.39. The van der Waals surface area contributed by atoms with Crippen LogP contribution < -0.4 is 0 Å². The average Bonchev–Trinajstić information content (AvgIpc) is 3.27. The Morgan fingerprint density at radius 1 is 0.706 bits per heavy atom. The van der Waals surface area contributed by atoms with Gasteiger partial charge in [0.05, 0.1) is 12.0 Å². The van der Waals surface area contributed by atoms with Crippen molar-refractivity contribution in [2.24, 2.45) is 5.92 Å². The lowest BCUT2D eigenvalue weighted by Crippen LogP contribution is -2.51. The predicted octanol–water partition coefficient (Wildman–Crippen LogP) is 4.60. The van der Waals surface area contributed by atoms with Crippen molar-refractivity contribution < 1.29 is 19.8 Å². The molecule has 4 heteroatoms. The zero-order valence-corrected chi connectivity index (χ0v) is 18.3. The van der Waals surface area contributed by atoms with E-state index in [0.717, 1.165) is 0 Å². The van der Waals surface area contributed by atoms with Gasteiger partial charge in [-0.1, -0.05) is 109 Å². The van der Waals surface area contributed by atoms with Gasteiger partial charge in [-0.05, 0) is 22.3 Å². The van der Waals surface area contributed by atoms with Gasteiger partial charge in [-0.15, -0.1) is 0 Å². The maximum Gasteiger partial charge on any atom is 0.177 e. The van der Waals surface area contributed by atoms with E-state index in [4.69, 9.17) is 0 Å². The van der Waals surface area contributed by atoms with Crippen LogP contribution in [0, 0.1) is 5.92 Å². The van der Waals surface area contributed by atoms with Crippen LogP contribution in [0.15, 0.2) is 109 Å². The minimum Gasteiger partial charge on any atom is -0.387 e. The van der Waals surface area contributed by atoms with E-state index in [9.17, 15) is 19.8 Å². The molecule has 4 aromatic rings. The van der Waals surface area contributed by atoms with Gasteiger partial charge in [-0.2, -0.15) is 0 Å². The Hall–Kier alpha value is -3.86. The number of fused-ring (bicyclic) bond motifs is 3. The van der Waals surface area contributed by atoms with Crippen LogP contribution in [0.4, 0.5) is 0 Å². The third kappa shape index (κ3) is 2.44. The summed E-state index contributed by atoms with van der Waals surface area (Å²) in [4.78, 5) is 28.5. The van der Waals surface area contributed by atoms with Gasteiger partial charge in [0, 0.05) is 11.1 Å². The van der Waals surface area contributed by atoms with Crippen molar-refractivity contribution in [2.45, 2.75) is 17.1 Å². The Morgan fingerprint density at radius 3 is 1.94 bits per heavy atom. The Kier molecular flexibility index (Phi) is 4.46. The Morgan fingerprint density at radius 2 is 1.26 bits per heavy atom. The van der Waals surface area contributed by atoms with E-state index in [1.807, 2.05) is 12.1 Å². The first-order valence-electron chi connectivity index (χ1n) is 11.3. The number of hydrogen-bond donors (Lipinski definition) is 2. The third-order valence-corrected chi connectivity index (χ3v) is 7.50. The minimum atomic E-state index is -1.82. The number of carbonyl (C=O) groups is 2. The fourth-order valence-corrected chi connectivity index (χ4v) is 6.09. The second kappa shape index (κ2) is 7.32. The molecular formula is C30H22O4. The van der Waals surface area contributed by atoms with Crippen molar-refractivity contribution in [3.8, 4) is 0 Å². The van der Waals surface area contributed by atoms with Crippen LogP contribution in [0.2, 0.25) is 0 Å². The summed E-state index contributed by atoms with van der Waals surface area (Å²) in [6.07, 6.45) is -1.28. The molecule has 6 rings (SSSR count). The smallest absolute Gasteiger partial charge is 0.177 e. The minimum absolute atomic E-state index is 0.343. The molecule has 0 radical (unpaired) electrons. The molecule has 0 saturated heterocycles. The largest absolute Gasteiger partial charge is 0.387 e. The van der Waals surface area contributed by atoms with Crippen LogP contribution >= 0.6 is 0 Å². The Bertz CT molecular complexity index is 1430. The number of aliphatic hydroxyl groups is 2. The van der Waals surface area contributed by atoms with Gasteiger partial charge in [0.15, 0.2) is 11.6 Å². The fraction of sp³-hybridized carbons (Fsp3) is 0.133. The molecule has 2 aliphatic carbocycles. The molecule has 166 valence electrons. The van der Waals surface area contributed by atoms with Crippen LogP contribution in [0.25, 0.3) is 0 Å². The molecule has 0 amide bonds. The van der Waals surface area contributed by atoms with E-state index in [0.29, 0.717) is 33.4 Å². The highest BCUT2D eigenvalue weighted by atomic mass is 16.3. The average molecular weight is 447 g/mol. The zero-order chi connectivity index (χ0) is 23.5. The van der Waals surface area contributed by atoms with Crippen molar-refractivity contribution in [2.75, 3.05) is 0 Å². The maximum atomic E-state index is 14.3. The van der Waals surface area contributed by atoms with E-state index in [1.165, 1.54) is 0 Å². The summed E-state index contributed by atoms with van der Waals surface area (Å²) in [5, 5.41) is 24.4. The fourth-order valence-electron chi connectivity index (χ4n) is 6.09. The van der Waals surface area contributed by atoms with Crippen LogP contribution in [0.3, 0.4) is 0 Å². The lowest BCUT2D eigenvalue weighted by atomic mass is 9.63. The first-order chi connectivity index (χ1) is 16.5. The van der Waals surface area contributed by atoms with Crippen LogP contribution in [0.5, 0.6) is 0 Å². The second-order valence-corrected chi connectivity index (χ2v) is 9.03. The summed E-state index contributed by atoms with van der Waals surface area (Å²) in [6, 6.07) is 31.7. The molecule has 1 spiro atoms. The van der Waals surface area contributed by atoms with E-state index in [2.05, 4.69) is 0 Å². The molecule has 0 fully saturated rings. The molecule has 0 aliphatic heterocycles. The molecule has 4 nitrogen and oxygen atoms in total. The van der Waals surface area contributed by atoms with Gasteiger partial charge in [0.2, 0.25) is 0 Å². The van der Waals surface area contributed by atoms with E-state index in [1.54, 1.807) is 97.1 Å². The number of benzene rings is 4. The topological polar surface area (TPSA) is 74.6 Å². The summed E-state index contributed by atoms with van der Waals surface area (Å²) in [7, 11) is 0. The molecule has 4 atom stereocenters. The first-order valence-corrected chi connectivity index (χ1v) is 11.3. The van der Waals surface area contributed by atoms with Gasteiger partial charge in [-0.25, -0.2) is 0 Å². The predicted molar refractivity (Wildman–Crippen MR) is 128 cm³/mol. The molecule has 0 heterocycles. The second-order valence-electron chi connectivity index (χ2n) is 9.03. The summed E-state index contributed by atoms with van der Waals surface area (Å²) in [5.74, 6) is -2.00. The molecule has 0 aromatic heterocycles. The zero-order valence-electron chi connectivity index (χ0n) is 18.3. The van der Waals surface area contributed by atoms with E-state index < -0.39 is 23.0 Å². The van der Waals surface area contributed by atoms with Crippen LogP contribution in [-0.4, -0.2) is 21.8 Å². The summed E-state index contributed by atoms with van der Waals surface area (Å²) < 4.78 is 0. The standard InChI is InChI=1S/C30H22O4/c31-25(19-11-3-1-4-12-19)26-29(27(32)21-15-7-8-16-22(21)28(29)33)23-17-9-10-18-24(23)30(26,34)20-13-5-2-6-14-20/h1-18,26-27,32,34H/t26-,27+,29+,30+/m0/s1. The van der Waals surface area contributed by atoms with E-state index in [-0.39, 0.29) is 11.6 Å². The number of rotatable bonds is 3. The molecule has 34 heavy (non-hydrogen) atoms. The maximum absolute atomic E-state index is 14.3. The SMILES string of the molecule is O=C(c1ccccc1)[C@@H]1[C@@](O)(c2ccccc2)c2ccccc2[C@@]12C(=O)c1ccccc1[C@H]2O. The van der Waals surface area contributed by atoms with Crippen molar-refractivity contribution in [1.29, 1.82) is 0 Å². The number of ketones is 2. The molecule has 0 saturated carbocycles. The molecular weight excluding hydrogens is 424 g/mol. The highest BCUT2D eigenvalue weighted by Crippen LogP contribution is 2.64. The number of hydrogen-bond acceptors (Lipinski definition) is 4. The number of aliphatic hydroxyl groups excluding tert-OH is 1. The molecule has 2 N–H and O–H groups in total. The normalized spacial score (nSPS) is 26.9. The molecule has 2 aliphatic rings. The van der Waals surface area contributed by atoms with Crippen molar-refractivity contribution in [1.82, 2.24) is 0 Å². The van der Waals surface area contributed by atoms with Crippen molar-refractivity contribution in [3.63, 3.8) is 0 Å². The van der Waals surface area contributed by atoms with Crippen LogP contribution in [-0.2, 0) is 11.0 Å². The monoisotopic (exact) mass is 446 g/mol. The molecule has 0 bridgehead atoms. The van der Waals surface area contributed by atoms with E-state index >= 15 is 0 Å². The summed E-state index contributed by atoms with van der Waals surface area (Å²) in [5.41, 5.74) is -0.769. The van der Waals surface area contributed by atoms with Gasteiger partial charge < -0.3 is 10.2 Å². The highest BCUT2D eigenvalue weighted by Gasteiger charge is 2.71. The summed E-state index contributed by atoms with van der Waals surface area (Å²) in [6.45, 7) is 0. The van der Waals surface area contributed by atoms with Gasteiger partial charge in [0.1, 0.15) is 11.0 Å². The van der Waals surface area contributed by atoms with Crippen molar-refractivity contribution in [3.05, 3.63) is 143 Å². The van der Waals surface area contributed by atoms with Gasteiger partial charge in [-0.3, -0.25) is 9.59 Å².